The van der Waals surface area contributed by atoms with E-state index in [1.54, 1.807) is 30.5 Å². The number of benzene rings is 2. The van der Waals surface area contributed by atoms with Gasteiger partial charge >= 0.3 is 6.18 Å². The molecule has 12 heteroatoms. The molecule has 3 heterocycles. The Balaban J connectivity index is 1.25. The van der Waals surface area contributed by atoms with Crippen molar-refractivity contribution in [2.75, 3.05) is 43.4 Å². The van der Waals surface area contributed by atoms with E-state index in [-0.39, 0.29) is 6.54 Å². The predicted octanol–water partition coefficient (Wildman–Crippen LogP) is 5.81. The zero-order valence-corrected chi connectivity index (χ0v) is 23.0. The van der Waals surface area contributed by atoms with Crippen LogP contribution in [0.25, 0.3) is 0 Å². The van der Waals surface area contributed by atoms with Crippen LogP contribution in [-0.4, -0.2) is 62.7 Å². The van der Waals surface area contributed by atoms with Crippen LogP contribution < -0.4 is 15.4 Å². The van der Waals surface area contributed by atoms with E-state index in [1.165, 1.54) is 12.4 Å². The SMILES string of the molecule is CCN1CCN(Cc2ccc(NCc3ccc(C)c(Oc4cc(Nc5ccn[nH]5)ncn4)c3)cc2C(F)(F)F)CC1. The second kappa shape index (κ2) is 12.6. The summed E-state index contributed by atoms with van der Waals surface area (Å²) in [6.45, 7) is 8.86. The summed E-state index contributed by atoms with van der Waals surface area (Å²) in [5.41, 5.74) is 1.84. The Hall–Kier alpha value is -4.16. The Morgan fingerprint density at radius 3 is 2.51 bits per heavy atom. The van der Waals surface area contributed by atoms with E-state index in [0.717, 1.165) is 43.9 Å². The average molecular weight is 567 g/mol. The molecule has 2 aromatic carbocycles. The van der Waals surface area contributed by atoms with Gasteiger partial charge in [-0.2, -0.15) is 18.3 Å². The zero-order valence-electron chi connectivity index (χ0n) is 23.0. The maximum absolute atomic E-state index is 14.0. The van der Waals surface area contributed by atoms with Crippen LogP contribution in [-0.2, 0) is 19.3 Å². The van der Waals surface area contributed by atoms with E-state index in [0.29, 0.717) is 41.1 Å². The van der Waals surface area contributed by atoms with Crippen molar-refractivity contribution in [3.63, 3.8) is 0 Å². The first-order valence-electron chi connectivity index (χ1n) is 13.5. The topological polar surface area (TPSA) is 94.2 Å². The molecule has 0 atom stereocenters. The minimum absolute atomic E-state index is 0.285. The quantitative estimate of drug-likeness (QED) is 0.221. The molecular formula is C29H33F3N8O. The number of alkyl halides is 3. The molecule has 9 nitrogen and oxygen atoms in total. The number of aryl methyl sites for hydroxylation is 1. The Kier molecular flexibility index (Phi) is 8.70. The first-order valence-corrected chi connectivity index (χ1v) is 13.5. The lowest BCUT2D eigenvalue weighted by atomic mass is 10.0. The summed E-state index contributed by atoms with van der Waals surface area (Å²) in [6, 6.07) is 13.6. The molecule has 0 aliphatic carbocycles. The summed E-state index contributed by atoms with van der Waals surface area (Å²) in [5, 5.41) is 12.9. The molecule has 41 heavy (non-hydrogen) atoms. The van der Waals surface area contributed by atoms with Gasteiger partial charge in [-0.15, -0.1) is 0 Å². The van der Waals surface area contributed by atoms with Crippen molar-refractivity contribution in [1.29, 1.82) is 0 Å². The number of H-pyrrole nitrogens is 1. The van der Waals surface area contributed by atoms with E-state index in [4.69, 9.17) is 4.74 Å². The van der Waals surface area contributed by atoms with E-state index in [2.05, 4.69) is 47.5 Å². The van der Waals surface area contributed by atoms with Crippen molar-refractivity contribution in [2.45, 2.75) is 33.1 Å². The lowest BCUT2D eigenvalue weighted by molar-refractivity contribution is -0.138. The average Bonchev–Trinajstić information content (AvgIpc) is 3.47. The fourth-order valence-electron chi connectivity index (χ4n) is 4.70. The van der Waals surface area contributed by atoms with Crippen molar-refractivity contribution in [2.24, 2.45) is 0 Å². The number of ether oxygens (including phenoxy) is 1. The van der Waals surface area contributed by atoms with Crippen molar-refractivity contribution < 1.29 is 17.9 Å². The Morgan fingerprint density at radius 2 is 1.78 bits per heavy atom. The third-order valence-corrected chi connectivity index (χ3v) is 7.09. The number of hydrogen-bond donors (Lipinski definition) is 3. The lowest BCUT2D eigenvalue weighted by Crippen LogP contribution is -2.45. The standard InChI is InChI=1S/C29H33F3N8O/c1-3-39-10-12-40(13-11-39)18-22-6-7-23(15-24(22)29(30,31)32)33-17-21-5-4-20(2)25(14-21)41-28-16-27(34-19-35-28)37-26-8-9-36-38-26/h4-9,14-16,19,33H,3,10-13,17-18H2,1-2H3,(H2,34,35,36,37,38). The summed E-state index contributed by atoms with van der Waals surface area (Å²) < 4.78 is 48.1. The predicted molar refractivity (Wildman–Crippen MR) is 151 cm³/mol. The minimum Gasteiger partial charge on any atom is -0.439 e. The van der Waals surface area contributed by atoms with E-state index in [9.17, 15) is 13.2 Å². The van der Waals surface area contributed by atoms with Crippen molar-refractivity contribution >= 4 is 17.3 Å². The van der Waals surface area contributed by atoms with Crippen LogP contribution in [0.2, 0.25) is 0 Å². The number of halogens is 3. The Morgan fingerprint density at radius 1 is 0.976 bits per heavy atom. The molecule has 2 aromatic heterocycles. The molecular weight excluding hydrogens is 533 g/mol. The van der Waals surface area contributed by atoms with Gasteiger partial charge in [-0.3, -0.25) is 10.00 Å². The van der Waals surface area contributed by atoms with Gasteiger partial charge in [0.2, 0.25) is 5.88 Å². The highest BCUT2D eigenvalue weighted by molar-refractivity contribution is 5.53. The number of anilines is 3. The maximum atomic E-state index is 14.0. The van der Waals surface area contributed by atoms with Gasteiger partial charge in [0.15, 0.2) is 0 Å². The molecule has 1 aliphatic heterocycles. The summed E-state index contributed by atoms with van der Waals surface area (Å²) in [4.78, 5) is 12.8. The molecule has 0 amide bonds. The molecule has 0 saturated carbocycles. The second-order valence-electron chi connectivity index (χ2n) is 9.97. The normalized spacial score (nSPS) is 14.7. The van der Waals surface area contributed by atoms with Crippen molar-refractivity contribution in [3.05, 3.63) is 83.3 Å². The number of rotatable bonds is 10. The molecule has 0 radical (unpaired) electrons. The number of aromatic nitrogens is 4. The lowest BCUT2D eigenvalue weighted by Gasteiger charge is -2.34. The Labute approximate surface area is 236 Å². The fraction of sp³-hybridized carbons (Fsp3) is 0.345. The highest BCUT2D eigenvalue weighted by atomic mass is 19.4. The molecule has 1 saturated heterocycles. The molecule has 0 bridgehead atoms. The maximum Gasteiger partial charge on any atom is 0.416 e. The molecule has 0 unspecified atom stereocenters. The van der Waals surface area contributed by atoms with E-state index >= 15 is 0 Å². The van der Waals surface area contributed by atoms with Crippen LogP contribution in [0.4, 0.5) is 30.5 Å². The van der Waals surface area contributed by atoms with Crippen molar-refractivity contribution in [1.82, 2.24) is 30.0 Å². The summed E-state index contributed by atoms with van der Waals surface area (Å²) in [6.07, 6.45) is -1.43. The third kappa shape index (κ3) is 7.53. The zero-order chi connectivity index (χ0) is 28.8. The van der Waals surface area contributed by atoms with Gasteiger partial charge in [0, 0.05) is 57.1 Å². The highest BCUT2D eigenvalue weighted by Gasteiger charge is 2.34. The molecule has 5 rings (SSSR count). The number of aromatic amines is 1. The summed E-state index contributed by atoms with van der Waals surface area (Å²) in [5.74, 6) is 2.14. The van der Waals surface area contributed by atoms with Crippen LogP contribution in [0, 0.1) is 6.92 Å². The summed E-state index contributed by atoms with van der Waals surface area (Å²) >= 11 is 0. The third-order valence-electron chi connectivity index (χ3n) is 7.09. The smallest absolute Gasteiger partial charge is 0.416 e. The van der Waals surface area contributed by atoms with Gasteiger partial charge in [0.1, 0.15) is 23.7 Å². The highest BCUT2D eigenvalue weighted by Crippen LogP contribution is 2.35. The number of nitrogens with zero attached hydrogens (tertiary/aromatic N) is 5. The Bertz CT molecular complexity index is 1440. The number of hydrogen-bond acceptors (Lipinski definition) is 8. The molecule has 3 N–H and O–H groups in total. The van der Waals surface area contributed by atoms with Gasteiger partial charge < -0.3 is 20.3 Å². The molecule has 4 aromatic rings. The van der Waals surface area contributed by atoms with Crippen LogP contribution >= 0.6 is 0 Å². The van der Waals surface area contributed by atoms with E-state index < -0.39 is 11.7 Å². The molecule has 1 aliphatic rings. The largest absolute Gasteiger partial charge is 0.439 e. The number of piperazine rings is 1. The first kappa shape index (κ1) is 28.4. The van der Waals surface area contributed by atoms with Crippen LogP contribution in [0.5, 0.6) is 11.6 Å². The van der Waals surface area contributed by atoms with Gasteiger partial charge in [-0.25, -0.2) is 9.97 Å². The summed E-state index contributed by atoms with van der Waals surface area (Å²) in [7, 11) is 0. The minimum atomic E-state index is -4.44. The fourth-order valence-corrected chi connectivity index (χ4v) is 4.70. The van der Waals surface area contributed by atoms with Crippen LogP contribution in [0.15, 0.2) is 61.1 Å². The molecule has 1 fully saturated rings. The van der Waals surface area contributed by atoms with E-state index in [1.807, 2.05) is 25.1 Å². The van der Waals surface area contributed by atoms with Crippen molar-refractivity contribution in [3.8, 4) is 11.6 Å². The monoisotopic (exact) mass is 566 g/mol. The van der Waals surface area contributed by atoms with Gasteiger partial charge in [0.25, 0.3) is 0 Å². The van der Waals surface area contributed by atoms with Crippen LogP contribution in [0.1, 0.15) is 29.2 Å². The molecule has 216 valence electrons. The second-order valence-corrected chi connectivity index (χ2v) is 9.97. The first-order chi connectivity index (χ1) is 19.8. The van der Waals surface area contributed by atoms with Gasteiger partial charge in [-0.05, 0) is 48.4 Å². The number of nitrogens with one attached hydrogen (secondary N) is 3. The number of likely N-dealkylation sites (N-methyl/N-ethyl adjacent to an activating group) is 1. The van der Waals surface area contributed by atoms with Crippen LogP contribution in [0.3, 0.4) is 0 Å². The van der Waals surface area contributed by atoms with Gasteiger partial charge in [-0.1, -0.05) is 25.1 Å². The molecule has 0 spiro atoms. The van der Waals surface area contributed by atoms with Gasteiger partial charge in [0.05, 0.1) is 11.8 Å².